The van der Waals surface area contributed by atoms with Crippen molar-refractivity contribution >= 4 is 209 Å². The number of aromatic nitrogens is 6. The van der Waals surface area contributed by atoms with Gasteiger partial charge in [0, 0.05) is 48.9 Å². The Morgan fingerprint density at radius 3 is 0.853 bits per heavy atom. The van der Waals surface area contributed by atoms with Gasteiger partial charge in [0.25, 0.3) is 20.2 Å². The number of nitrogens with zero attached hydrogens (tertiary/aromatic N) is 8. The van der Waals surface area contributed by atoms with Gasteiger partial charge in [-0.15, -0.1) is 0 Å². The molecule has 0 fully saturated rings. The summed E-state index contributed by atoms with van der Waals surface area (Å²) in [7, 11) is -8.77. The van der Waals surface area contributed by atoms with E-state index in [0.717, 1.165) is 11.1 Å². The van der Waals surface area contributed by atoms with Crippen LogP contribution in [0.5, 0.6) is 0 Å². The van der Waals surface area contributed by atoms with Gasteiger partial charge in [-0.05, 0) is 83.9 Å². The van der Waals surface area contributed by atoms with Crippen molar-refractivity contribution in [3.63, 3.8) is 0 Å². The molecule has 0 aliphatic heterocycles. The van der Waals surface area contributed by atoms with E-state index in [2.05, 4.69) is 51.2 Å². The van der Waals surface area contributed by atoms with Crippen LogP contribution in [0.1, 0.15) is 11.1 Å². The third-order valence-corrected chi connectivity index (χ3v) is 10.6. The standard InChI is InChI=1S/C40H44N12O10S2.4Na.4H/c53-23-19-51(20-24-54)39-47-35(45-37(49-39)43-31-11-15-33(16-12-31)63(57,58)59)41-29-7-3-27(4-8-29)1-2-28-5-9-30(10-6-28)42-36-46-38(50-40(48-36)52(21-25-55)22-26-56)44-32-13-17-34(18-14-32)64(60,61)62;;;;;;;;/h1-18,53-56H,19-26H2,(H,57,58,59)(H,60,61,62)(H2,41,43,45,47,49)(H2,42,44,46,48,50);;;;;;;;. The first-order valence-electron chi connectivity index (χ1n) is 19.3. The van der Waals surface area contributed by atoms with Crippen molar-refractivity contribution in [1.82, 2.24) is 29.9 Å². The molecule has 0 radical (unpaired) electrons. The van der Waals surface area contributed by atoms with Crippen molar-refractivity contribution < 1.29 is 46.4 Å². The van der Waals surface area contributed by atoms with E-state index < -0.39 is 20.2 Å². The molecule has 0 unspecified atom stereocenters. The fraction of sp³-hybridized carbons (Fsp3) is 0.200. The summed E-state index contributed by atoms with van der Waals surface area (Å²) in [5.74, 6) is 0.763. The Morgan fingerprint density at radius 2 is 0.632 bits per heavy atom. The normalized spacial score (nSPS) is 11.0. The number of benzene rings is 4. The molecular formula is C40H48N12Na4O10S2. The van der Waals surface area contributed by atoms with Crippen molar-refractivity contribution in [2.24, 2.45) is 0 Å². The number of aliphatic hydroxyl groups is 4. The van der Waals surface area contributed by atoms with Gasteiger partial charge in [0.05, 0.1) is 36.2 Å². The molecule has 2 heterocycles. The molecule has 2 aromatic heterocycles. The second kappa shape index (κ2) is 29.4. The Balaban J connectivity index is 0.00000397. The molecule has 0 aliphatic rings. The van der Waals surface area contributed by atoms with Crippen LogP contribution in [0, 0.1) is 0 Å². The molecule has 0 atom stereocenters. The van der Waals surface area contributed by atoms with E-state index in [1.807, 2.05) is 60.7 Å². The monoisotopic (exact) mass is 1010 g/mol. The Morgan fingerprint density at radius 1 is 0.397 bits per heavy atom. The number of hydrogen-bond donors (Lipinski definition) is 10. The van der Waals surface area contributed by atoms with Crippen LogP contribution in [-0.4, -0.2) is 247 Å². The predicted molar refractivity (Wildman–Crippen MR) is 268 cm³/mol. The Kier molecular flexibility index (Phi) is 26.5. The Bertz CT molecular complexity index is 2560. The van der Waals surface area contributed by atoms with Gasteiger partial charge in [-0.2, -0.15) is 46.7 Å². The molecule has 28 heteroatoms. The van der Waals surface area contributed by atoms with Crippen LogP contribution in [0.2, 0.25) is 0 Å². The maximum absolute atomic E-state index is 11.5. The molecule has 0 saturated carbocycles. The van der Waals surface area contributed by atoms with Crippen molar-refractivity contribution in [2.45, 2.75) is 9.79 Å². The first-order valence-corrected chi connectivity index (χ1v) is 22.2. The second-order valence-corrected chi connectivity index (χ2v) is 16.4. The quantitative estimate of drug-likeness (QED) is 0.0254. The van der Waals surface area contributed by atoms with Crippen LogP contribution in [0.4, 0.5) is 58.4 Å². The van der Waals surface area contributed by atoms with Gasteiger partial charge in [-0.1, -0.05) is 36.4 Å². The summed E-state index contributed by atoms with van der Waals surface area (Å²) in [5.41, 5.74) is 3.85. The van der Waals surface area contributed by atoms with E-state index in [0.29, 0.717) is 22.7 Å². The van der Waals surface area contributed by atoms with Gasteiger partial charge in [0.15, 0.2) is 0 Å². The fourth-order valence-corrected chi connectivity index (χ4v) is 6.79. The molecule has 4 aromatic carbocycles. The fourth-order valence-electron chi connectivity index (χ4n) is 5.83. The topological polar surface area (TPSA) is 322 Å². The van der Waals surface area contributed by atoms with Crippen molar-refractivity contribution in [3.8, 4) is 0 Å². The predicted octanol–water partition coefficient (Wildman–Crippen LogP) is 0.683. The van der Waals surface area contributed by atoms with Crippen LogP contribution in [0.3, 0.4) is 0 Å². The molecule has 6 aromatic rings. The van der Waals surface area contributed by atoms with E-state index in [1.165, 1.54) is 48.5 Å². The zero-order chi connectivity index (χ0) is 45.7. The average Bonchev–Trinajstić information content (AvgIpc) is 3.26. The third kappa shape index (κ3) is 18.7. The van der Waals surface area contributed by atoms with Crippen LogP contribution in [-0.2, 0) is 20.2 Å². The summed E-state index contributed by atoms with van der Waals surface area (Å²) < 4.78 is 64.5. The third-order valence-electron chi connectivity index (χ3n) is 8.91. The number of aliphatic hydroxyl groups excluding tert-OH is 4. The zero-order valence-electron chi connectivity index (χ0n) is 33.8. The van der Waals surface area contributed by atoms with Gasteiger partial charge in [-0.3, -0.25) is 9.11 Å². The molecule has 0 saturated heterocycles. The van der Waals surface area contributed by atoms with Crippen molar-refractivity contribution in [2.75, 3.05) is 83.7 Å². The summed E-state index contributed by atoms with van der Waals surface area (Å²) in [6.45, 7) is -0.392. The maximum atomic E-state index is 11.5. The van der Waals surface area contributed by atoms with Crippen LogP contribution in [0.15, 0.2) is 107 Å². The minimum atomic E-state index is -4.39. The van der Waals surface area contributed by atoms with Gasteiger partial charge >= 0.3 is 118 Å². The molecule has 22 nitrogen and oxygen atoms in total. The molecule has 0 amide bonds. The number of hydrogen-bond acceptors (Lipinski definition) is 20. The van der Waals surface area contributed by atoms with Gasteiger partial charge in [0.1, 0.15) is 0 Å². The second-order valence-electron chi connectivity index (χ2n) is 13.5. The first-order chi connectivity index (χ1) is 30.7. The Labute approximate surface area is 481 Å². The summed E-state index contributed by atoms with van der Waals surface area (Å²) in [6, 6.07) is 25.4. The van der Waals surface area contributed by atoms with Gasteiger partial charge in [0.2, 0.25) is 35.7 Å². The van der Waals surface area contributed by atoms with Crippen LogP contribution < -0.4 is 31.1 Å². The summed E-state index contributed by atoms with van der Waals surface area (Å²) in [4.78, 5) is 29.3. The van der Waals surface area contributed by atoms with Crippen LogP contribution >= 0.6 is 0 Å². The van der Waals surface area contributed by atoms with Crippen molar-refractivity contribution in [3.05, 3.63) is 108 Å². The molecule has 10 N–H and O–H groups in total. The van der Waals surface area contributed by atoms with Gasteiger partial charge in [-0.25, -0.2) is 0 Å². The molecular weight excluding hydrogens is 965 g/mol. The zero-order valence-corrected chi connectivity index (χ0v) is 35.4. The first kappa shape index (κ1) is 61.2. The molecule has 0 aliphatic carbocycles. The van der Waals surface area contributed by atoms with E-state index in [-0.39, 0.29) is 216 Å². The summed E-state index contributed by atoms with van der Waals surface area (Å²) >= 11 is 0. The SMILES string of the molecule is O=S(=O)(O)c1ccc(Nc2nc(Nc3ccc(C=Cc4ccc(Nc5nc(Nc6ccc(S(=O)(=O)O)cc6)nc(N(CCO)CCO)n5)cc4)cc3)nc(N(CCO)CCO)n2)cc1.[NaH].[NaH].[NaH].[NaH]. The molecule has 6 rings (SSSR count). The number of nitrogens with one attached hydrogen (secondary N) is 4. The Hall–Kier alpha value is -2.90. The minimum absolute atomic E-state index is 0. The molecule has 344 valence electrons. The van der Waals surface area contributed by atoms with Crippen LogP contribution in [0.25, 0.3) is 12.2 Å². The molecule has 0 bridgehead atoms. The molecule has 0 spiro atoms. The summed E-state index contributed by atoms with van der Waals surface area (Å²) in [6.07, 6.45) is 3.83. The van der Waals surface area contributed by atoms with E-state index in [9.17, 15) is 46.4 Å². The number of rotatable bonds is 22. The molecule has 68 heavy (non-hydrogen) atoms. The summed E-state index contributed by atoms with van der Waals surface area (Å²) in [5, 5.41) is 50.7. The average molecular weight is 1010 g/mol. The van der Waals surface area contributed by atoms with E-state index in [1.54, 1.807) is 9.80 Å². The van der Waals surface area contributed by atoms with Gasteiger partial charge < -0.3 is 51.5 Å². The van der Waals surface area contributed by atoms with E-state index >= 15 is 0 Å². The number of anilines is 10. The van der Waals surface area contributed by atoms with E-state index in [4.69, 9.17) is 0 Å². The van der Waals surface area contributed by atoms with Crippen molar-refractivity contribution in [1.29, 1.82) is 0 Å².